The van der Waals surface area contributed by atoms with Gasteiger partial charge in [-0.2, -0.15) is 0 Å². The highest BCUT2D eigenvalue weighted by Gasteiger charge is 2.24. The molecule has 0 radical (unpaired) electrons. The summed E-state index contributed by atoms with van der Waals surface area (Å²) in [6.45, 7) is 1.49. The normalized spacial score (nSPS) is 23.3. The number of piperidine rings is 1. The molecule has 0 N–H and O–H groups in total. The van der Waals surface area contributed by atoms with Gasteiger partial charge in [-0.05, 0) is 32.1 Å². The van der Waals surface area contributed by atoms with Crippen molar-refractivity contribution in [1.82, 2.24) is 9.88 Å². The zero-order valence-electron chi connectivity index (χ0n) is 11.4. The average molecular weight is 280 g/mol. The molecular weight excluding hydrogens is 260 g/mol. The van der Waals surface area contributed by atoms with Gasteiger partial charge in [0.1, 0.15) is 0 Å². The Morgan fingerprint density at radius 2 is 2.21 bits per heavy atom. The maximum Gasteiger partial charge on any atom is 0.273 e. The molecular formula is C14H20N2O2S. The summed E-state index contributed by atoms with van der Waals surface area (Å²) in [7, 11) is 1.87. The maximum absolute atomic E-state index is 11.4. The molecule has 1 saturated heterocycles. The summed E-state index contributed by atoms with van der Waals surface area (Å²) >= 11 is 1.71. The summed E-state index contributed by atoms with van der Waals surface area (Å²) < 4.78 is 5.85. The van der Waals surface area contributed by atoms with Gasteiger partial charge in [-0.1, -0.05) is 11.3 Å². The fourth-order valence-corrected chi connectivity index (χ4v) is 3.82. The van der Waals surface area contributed by atoms with E-state index in [1.807, 2.05) is 11.9 Å². The van der Waals surface area contributed by atoms with Crippen LogP contribution in [-0.4, -0.2) is 36.0 Å². The Labute approximate surface area is 117 Å². The van der Waals surface area contributed by atoms with Crippen LogP contribution in [0.4, 0.5) is 0 Å². The van der Waals surface area contributed by atoms with Crippen molar-refractivity contribution in [2.45, 2.75) is 38.5 Å². The second-order valence-corrected chi connectivity index (χ2v) is 6.59. The molecule has 104 valence electrons. The molecule has 0 bridgehead atoms. The Morgan fingerprint density at radius 3 is 3.00 bits per heavy atom. The average Bonchev–Trinajstić information content (AvgIpc) is 2.83. The predicted molar refractivity (Wildman–Crippen MR) is 74.6 cm³/mol. The number of hydrogen-bond donors (Lipinski definition) is 0. The highest BCUT2D eigenvalue weighted by Crippen LogP contribution is 2.31. The van der Waals surface area contributed by atoms with Gasteiger partial charge in [-0.15, -0.1) is 0 Å². The Morgan fingerprint density at radius 1 is 1.37 bits per heavy atom. The smallest absolute Gasteiger partial charge is 0.273 e. The maximum atomic E-state index is 11.4. The van der Waals surface area contributed by atoms with Crippen LogP contribution >= 0.6 is 11.3 Å². The van der Waals surface area contributed by atoms with E-state index in [2.05, 4.69) is 4.98 Å². The molecule has 2 aliphatic rings. The van der Waals surface area contributed by atoms with E-state index in [-0.39, 0.29) is 5.91 Å². The Kier molecular flexibility index (Phi) is 3.73. The number of fused-ring (bicyclic) bond motifs is 1. The van der Waals surface area contributed by atoms with E-state index < -0.39 is 0 Å². The summed E-state index contributed by atoms with van der Waals surface area (Å²) in [5, 5.41) is 0.825. The molecule has 1 atom stereocenters. The van der Waals surface area contributed by atoms with E-state index in [9.17, 15) is 4.79 Å². The third-order valence-corrected chi connectivity index (χ3v) is 5.06. The third-order valence-electron chi connectivity index (χ3n) is 3.99. The van der Waals surface area contributed by atoms with Crippen molar-refractivity contribution in [2.24, 2.45) is 5.92 Å². The van der Waals surface area contributed by atoms with Crippen LogP contribution in [0.15, 0.2) is 0 Å². The van der Waals surface area contributed by atoms with Crippen molar-refractivity contribution >= 4 is 17.2 Å². The first-order valence-corrected chi connectivity index (χ1v) is 7.89. The minimum Gasteiger partial charge on any atom is -0.470 e. The van der Waals surface area contributed by atoms with Crippen molar-refractivity contribution in [1.29, 1.82) is 0 Å². The van der Waals surface area contributed by atoms with E-state index in [1.54, 1.807) is 11.3 Å². The van der Waals surface area contributed by atoms with Gasteiger partial charge in [0.05, 0.1) is 12.3 Å². The lowest BCUT2D eigenvalue weighted by Gasteiger charge is -2.29. The standard InChI is InChI=1S/C14H20N2O2S/c1-16-8-10(6-7-13(16)17)9-18-14-15-11-4-2-3-5-12(11)19-14/h10H,2-9H2,1H3. The fraction of sp³-hybridized carbons (Fsp3) is 0.714. The van der Waals surface area contributed by atoms with Gasteiger partial charge in [0, 0.05) is 30.8 Å². The lowest BCUT2D eigenvalue weighted by molar-refractivity contribution is -0.133. The summed E-state index contributed by atoms with van der Waals surface area (Å²) in [4.78, 5) is 19.2. The molecule has 1 aliphatic carbocycles. The third kappa shape index (κ3) is 2.91. The van der Waals surface area contributed by atoms with Gasteiger partial charge in [-0.3, -0.25) is 4.79 Å². The molecule has 2 heterocycles. The van der Waals surface area contributed by atoms with E-state index in [0.717, 1.165) is 31.0 Å². The lowest BCUT2D eigenvalue weighted by Crippen LogP contribution is -2.38. The first-order valence-electron chi connectivity index (χ1n) is 7.07. The number of hydrogen-bond acceptors (Lipinski definition) is 4. The van der Waals surface area contributed by atoms with Crippen molar-refractivity contribution in [3.63, 3.8) is 0 Å². The van der Waals surface area contributed by atoms with E-state index in [4.69, 9.17) is 4.74 Å². The van der Waals surface area contributed by atoms with Gasteiger partial charge in [0.25, 0.3) is 5.19 Å². The van der Waals surface area contributed by atoms with Crippen LogP contribution in [0.2, 0.25) is 0 Å². The number of aromatic nitrogens is 1. The number of carbonyl (C=O) groups excluding carboxylic acids is 1. The molecule has 1 aromatic rings. The zero-order valence-corrected chi connectivity index (χ0v) is 12.2. The SMILES string of the molecule is CN1CC(COc2nc3c(s2)CCCC3)CCC1=O. The number of aryl methyl sites for hydroxylation is 2. The monoisotopic (exact) mass is 280 g/mol. The molecule has 5 heteroatoms. The summed E-state index contributed by atoms with van der Waals surface area (Å²) in [5.74, 6) is 0.699. The highest BCUT2D eigenvalue weighted by molar-refractivity contribution is 7.13. The number of nitrogens with zero attached hydrogens (tertiary/aromatic N) is 2. The van der Waals surface area contributed by atoms with Gasteiger partial charge in [-0.25, -0.2) is 4.98 Å². The topological polar surface area (TPSA) is 42.4 Å². The van der Waals surface area contributed by atoms with Crippen molar-refractivity contribution in [3.05, 3.63) is 10.6 Å². The fourth-order valence-electron chi connectivity index (χ4n) is 2.81. The van der Waals surface area contributed by atoms with Crippen molar-refractivity contribution in [3.8, 4) is 5.19 Å². The van der Waals surface area contributed by atoms with E-state index >= 15 is 0 Å². The summed E-state index contributed by atoms with van der Waals surface area (Å²) in [6.07, 6.45) is 6.40. The zero-order chi connectivity index (χ0) is 13.2. The minimum atomic E-state index is 0.251. The number of likely N-dealkylation sites (tertiary alicyclic amines) is 1. The molecule has 0 saturated carbocycles. The van der Waals surface area contributed by atoms with E-state index in [1.165, 1.54) is 23.4 Å². The molecule has 1 fully saturated rings. The van der Waals surface area contributed by atoms with Gasteiger partial charge < -0.3 is 9.64 Å². The van der Waals surface area contributed by atoms with Crippen LogP contribution in [0, 0.1) is 5.92 Å². The van der Waals surface area contributed by atoms with Crippen LogP contribution in [0.25, 0.3) is 0 Å². The number of amides is 1. The second-order valence-electron chi connectivity index (χ2n) is 5.55. The second kappa shape index (κ2) is 5.49. The van der Waals surface area contributed by atoms with E-state index in [0.29, 0.717) is 18.9 Å². The molecule has 1 unspecified atom stereocenters. The molecule has 3 rings (SSSR count). The first kappa shape index (κ1) is 12.9. The number of carbonyl (C=O) groups is 1. The number of rotatable bonds is 3. The van der Waals surface area contributed by atoms with Crippen molar-refractivity contribution in [2.75, 3.05) is 20.2 Å². The minimum absolute atomic E-state index is 0.251. The molecule has 19 heavy (non-hydrogen) atoms. The van der Waals surface area contributed by atoms with Crippen LogP contribution in [0.5, 0.6) is 5.19 Å². The van der Waals surface area contributed by atoms with Crippen LogP contribution < -0.4 is 4.74 Å². The number of thiazole rings is 1. The highest BCUT2D eigenvalue weighted by atomic mass is 32.1. The molecule has 0 spiro atoms. The lowest BCUT2D eigenvalue weighted by atomic mass is 9.99. The largest absolute Gasteiger partial charge is 0.470 e. The van der Waals surface area contributed by atoms with Crippen LogP contribution in [-0.2, 0) is 17.6 Å². The molecule has 1 aromatic heterocycles. The molecule has 4 nitrogen and oxygen atoms in total. The van der Waals surface area contributed by atoms with Gasteiger partial charge >= 0.3 is 0 Å². The Bertz CT molecular complexity index is 449. The molecule has 1 amide bonds. The predicted octanol–water partition coefficient (Wildman–Crippen LogP) is 2.27. The van der Waals surface area contributed by atoms with Crippen molar-refractivity contribution < 1.29 is 9.53 Å². The Hall–Kier alpha value is -1.10. The van der Waals surface area contributed by atoms with Gasteiger partial charge in [0.15, 0.2) is 0 Å². The van der Waals surface area contributed by atoms with Gasteiger partial charge in [0.2, 0.25) is 5.91 Å². The molecule has 0 aromatic carbocycles. The summed E-state index contributed by atoms with van der Waals surface area (Å²) in [5.41, 5.74) is 1.25. The quantitative estimate of drug-likeness (QED) is 0.853. The van der Waals surface area contributed by atoms with Crippen LogP contribution in [0.3, 0.4) is 0 Å². The first-order chi connectivity index (χ1) is 9.22. The summed E-state index contributed by atoms with van der Waals surface area (Å²) in [6, 6.07) is 0. The number of ether oxygens (including phenoxy) is 1. The molecule has 1 aliphatic heterocycles. The Balaban J connectivity index is 1.54. The van der Waals surface area contributed by atoms with Crippen LogP contribution in [0.1, 0.15) is 36.3 Å².